The highest BCUT2D eigenvalue weighted by Crippen LogP contribution is 2.30. The van der Waals surface area contributed by atoms with Gasteiger partial charge in [0.05, 0.1) is 0 Å². The second-order valence-corrected chi connectivity index (χ2v) is 7.42. The van der Waals surface area contributed by atoms with Crippen molar-refractivity contribution in [3.8, 4) is 0 Å². The van der Waals surface area contributed by atoms with E-state index in [1.54, 1.807) is 0 Å². The molecular formula is C14H29BrN2. The quantitative estimate of drug-likeness (QED) is 0.720. The van der Waals surface area contributed by atoms with E-state index < -0.39 is 0 Å². The van der Waals surface area contributed by atoms with Gasteiger partial charge in [-0.2, -0.15) is 0 Å². The summed E-state index contributed by atoms with van der Waals surface area (Å²) in [6, 6.07) is 0.772. The topological polar surface area (TPSA) is 6.48 Å². The van der Waals surface area contributed by atoms with Crippen molar-refractivity contribution in [3.05, 3.63) is 0 Å². The summed E-state index contributed by atoms with van der Waals surface area (Å²) in [6.07, 6.45) is 2.75. The van der Waals surface area contributed by atoms with E-state index >= 15 is 0 Å². The van der Waals surface area contributed by atoms with Crippen LogP contribution >= 0.6 is 15.9 Å². The molecule has 1 heterocycles. The molecule has 1 rings (SSSR count). The van der Waals surface area contributed by atoms with Gasteiger partial charge in [0.1, 0.15) is 0 Å². The Labute approximate surface area is 116 Å². The molecule has 2 nitrogen and oxygen atoms in total. The second-order valence-electron chi connectivity index (χ2n) is 6.77. The summed E-state index contributed by atoms with van der Waals surface area (Å²) in [4.78, 5) is 5.03. The maximum absolute atomic E-state index is 3.69. The van der Waals surface area contributed by atoms with E-state index in [0.717, 1.165) is 17.3 Å². The number of halogens is 1. The summed E-state index contributed by atoms with van der Waals surface area (Å²) in [6.45, 7) is 10.8. The third kappa shape index (κ3) is 4.88. The Morgan fingerprint density at radius 3 is 2.47 bits per heavy atom. The molecule has 2 unspecified atom stereocenters. The molecule has 1 aliphatic rings. The summed E-state index contributed by atoms with van der Waals surface area (Å²) in [5, 5.41) is 1.11. The Hall–Kier alpha value is 0.400. The van der Waals surface area contributed by atoms with Crippen LogP contribution in [0.5, 0.6) is 0 Å². The van der Waals surface area contributed by atoms with E-state index in [2.05, 4.69) is 60.6 Å². The molecule has 0 aromatic rings. The van der Waals surface area contributed by atoms with Crippen molar-refractivity contribution in [2.24, 2.45) is 11.3 Å². The Kier molecular flexibility index (Phi) is 5.94. The van der Waals surface area contributed by atoms with Crippen molar-refractivity contribution >= 4 is 15.9 Å². The van der Waals surface area contributed by atoms with Crippen molar-refractivity contribution in [1.29, 1.82) is 0 Å². The number of alkyl halides is 1. The first-order chi connectivity index (χ1) is 7.84. The summed E-state index contributed by atoms with van der Waals surface area (Å²) in [7, 11) is 4.37. The van der Waals surface area contributed by atoms with Crippen LogP contribution in [-0.2, 0) is 0 Å². The molecule has 0 amide bonds. The molecule has 102 valence electrons. The number of likely N-dealkylation sites (N-methyl/N-ethyl adjacent to an activating group) is 1. The molecule has 0 bridgehead atoms. The molecular weight excluding hydrogens is 276 g/mol. The zero-order chi connectivity index (χ0) is 13.1. The fourth-order valence-electron chi connectivity index (χ4n) is 2.60. The van der Waals surface area contributed by atoms with Crippen LogP contribution in [0.3, 0.4) is 0 Å². The first-order valence-electron chi connectivity index (χ1n) is 6.79. The van der Waals surface area contributed by atoms with Crippen LogP contribution in [0.2, 0.25) is 0 Å². The van der Waals surface area contributed by atoms with Gasteiger partial charge in [0.2, 0.25) is 0 Å². The molecule has 0 aromatic carbocycles. The minimum Gasteiger partial charge on any atom is -0.308 e. The lowest BCUT2D eigenvalue weighted by Gasteiger charge is -2.36. The van der Waals surface area contributed by atoms with Crippen molar-refractivity contribution in [3.63, 3.8) is 0 Å². The van der Waals surface area contributed by atoms with Crippen LogP contribution < -0.4 is 0 Å². The molecule has 17 heavy (non-hydrogen) atoms. The Morgan fingerprint density at radius 2 is 2.00 bits per heavy atom. The number of rotatable bonds is 5. The second kappa shape index (κ2) is 6.53. The van der Waals surface area contributed by atoms with Crippen LogP contribution in [0.15, 0.2) is 0 Å². The van der Waals surface area contributed by atoms with Gasteiger partial charge in [-0.1, -0.05) is 36.7 Å². The monoisotopic (exact) mass is 304 g/mol. The smallest absolute Gasteiger partial charge is 0.0223 e. The Morgan fingerprint density at radius 1 is 1.35 bits per heavy atom. The summed E-state index contributed by atoms with van der Waals surface area (Å²) in [5.41, 5.74) is 0.398. The molecule has 3 heteroatoms. The van der Waals surface area contributed by atoms with Crippen molar-refractivity contribution < 1.29 is 0 Å². The predicted octanol–water partition coefficient (Wildman–Crippen LogP) is 3.07. The number of likely N-dealkylation sites (tertiary alicyclic amines) is 1. The van der Waals surface area contributed by atoms with Crippen LogP contribution in [0.4, 0.5) is 0 Å². The lowest BCUT2D eigenvalue weighted by Crippen LogP contribution is -2.43. The van der Waals surface area contributed by atoms with Gasteiger partial charge in [-0.15, -0.1) is 0 Å². The van der Waals surface area contributed by atoms with Gasteiger partial charge in [-0.25, -0.2) is 0 Å². The number of hydrogen-bond acceptors (Lipinski definition) is 2. The van der Waals surface area contributed by atoms with Gasteiger partial charge in [0.25, 0.3) is 0 Å². The Bertz CT molecular complexity index is 223. The summed E-state index contributed by atoms with van der Waals surface area (Å²) in [5.74, 6) is 0.741. The average Bonchev–Trinajstić information content (AvgIpc) is 2.59. The molecule has 0 N–H and O–H groups in total. The molecule has 0 spiro atoms. The molecule has 0 aliphatic carbocycles. The van der Waals surface area contributed by atoms with Crippen molar-refractivity contribution in [1.82, 2.24) is 9.80 Å². The van der Waals surface area contributed by atoms with Gasteiger partial charge in [-0.05, 0) is 44.8 Å². The van der Waals surface area contributed by atoms with Crippen LogP contribution in [0.25, 0.3) is 0 Å². The standard InChI is InChI=1S/C14H29BrN2/c1-14(2,3)12(9-15)10-17-8-6-7-13(17)11-16(4)5/h12-13H,6-11H2,1-5H3. The van der Waals surface area contributed by atoms with E-state index in [1.807, 2.05) is 0 Å². The fraction of sp³-hybridized carbons (Fsp3) is 1.00. The van der Waals surface area contributed by atoms with Crippen LogP contribution in [0, 0.1) is 11.3 Å². The van der Waals surface area contributed by atoms with Gasteiger partial charge in [-0.3, -0.25) is 4.90 Å². The Balaban J connectivity index is 2.54. The third-order valence-electron chi connectivity index (χ3n) is 3.94. The van der Waals surface area contributed by atoms with Crippen LogP contribution in [0.1, 0.15) is 33.6 Å². The minimum atomic E-state index is 0.398. The summed E-state index contributed by atoms with van der Waals surface area (Å²) >= 11 is 3.69. The van der Waals surface area contributed by atoms with E-state index in [4.69, 9.17) is 0 Å². The minimum absolute atomic E-state index is 0.398. The highest BCUT2D eigenvalue weighted by Gasteiger charge is 2.31. The first-order valence-corrected chi connectivity index (χ1v) is 7.91. The SMILES string of the molecule is CN(C)CC1CCCN1CC(CBr)C(C)(C)C. The molecule has 1 saturated heterocycles. The molecule has 1 fully saturated rings. The van der Waals surface area contributed by atoms with E-state index in [-0.39, 0.29) is 0 Å². The zero-order valence-electron chi connectivity index (χ0n) is 12.2. The van der Waals surface area contributed by atoms with E-state index in [9.17, 15) is 0 Å². The normalized spacial score (nSPS) is 24.5. The molecule has 1 aliphatic heterocycles. The maximum atomic E-state index is 3.69. The zero-order valence-corrected chi connectivity index (χ0v) is 13.8. The molecule has 2 atom stereocenters. The lowest BCUT2D eigenvalue weighted by molar-refractivity contribution is 0.140. The number of nitrogens with zero attached hydrogens (tertiary/aromatic N) is 2. The molecule has 0 aromatic heterocycles. The first kappa shape index (κ1) is 15.5. The van der Waals surface area contributed by atoms with E-state index in [0.29, 0.717) is 5.41 Å². The van der Waals surface area contributed by atoms with Gasteiger partial charge in [0.15, 0.2) is 0 Å². The van der Waals surface area contributed by atoms with E-state index in [1.165, 1.54) is 32.5 Å². The highest BCUT2D eigenvalue weighted by molar-refractivity contribution is 9.09. The van der Waals surface area contributed by atoms with Gasteiger partial charge < -0.3 is 4.90 Å². The number of hydrogen-bond donors (Lipinski definition) is 0. The maximum Gasteiger partial charge on any atom is 0.0223 e. The van der Waals surface area contributed by atoms with Crippen molar-refractivity contribution in [2.45, 2.75) is 39.7 Å². The van der Waals surface area contributed by atoms with Crippen molar-refractivity contribution in [2.75, 3.05) is 39.1 Å². The van der Waals surface area contributed by atoms with Gasteiger partial charge >= 0.3 is 0 Å². The largest absolute Gasteiger partial charge is 0.308 e. The predicted molar refractivity (Wildman–Crippen MR) is 79.9 cm³/mol. The third-order valence-corrected chi connectivity index (χ3v) is 4.72. The highest BCUT2D eigenvalue weighted by atomic mass is 79.9. The molecule has 0 radical (unpaired) electrons. The lowest BCUT2D eigenvalue weighted by atomic mass is 9.81. The molecule has 0 saturated carbocycles. The summed E-state index contributed by atoms with van der Waals surface area (Å²) < 4.78 is 0. The van der Waals surface area contributed by atoms with Crippen LogP contribution in [-0.4, -0.2) is 54.9 Å². The van der Waals surface area contributed by atoms with Gasteiger partial charge in [0, 0.05) is 24.5 Å². The average molecular weight is 305 g/mol. The fourth-order valence-corrected chi connectivity index (χ4v) is 3.78.